The van der Waals surface area contributed by atoms with E-state index in [0.29, 0.717) is 17.5 Å². The number of benzene rings is 6. The van der Waals surface area contributed by atoms with Gasteiger partial charge in [0.2, 0.25) is 0 Å². The van der Waals surface area contributed by atoms with Crippen molar-refractivity contribution in [3.8, 4) is 45.0 Å². The molecule has 0 bridgehead atoms. The number of hydrogen-bond acceptors (Lipinski definition) is 4. The van der Waals surface area contributed by atoms with E-state index in [9.17, 15) is 0 Å². The first-order chi connectivity index (χ1) is 25.6. The van der Waals surface area contributed by atoms with Crippen molar-refractivity contribution in [1.82, 2.24) is 15.0 Å². The minimum Gasteiger partial charge on any atom is -0.455 e. The number of furan rings is 1. The molecule has 0 aliphatic heterocycles. The van der Waals surface area contributed by atoms with Gasteiger partial charge in [-0.25, -0.2) is 15.0 Å². The Hall–Kier alpha value is -6.65. The van der Waals surface area contributed by atoms with Crippen LogP contribution >= 0.6 is 0 Å². The Balaban J connectivity index is 1.16. The summed E-state index contributed by atoms with van der Waals surface area (Å²) in [5.74, 6) is 1.92. The second-order valence-corrected chi connectivity index (χ2v) is 13.8. The van der Waals surface area contributed by atoms with Crippen molar-refractivity contribution in [2.24, 2.45) is 5.41 Å². The minimum atomic E-state index is -0.0252. The number of rotatable bonds is 5. The zero-order valence-electron chi connectivity index (χ0n) is 28.6. The molecule has 0 N–H and O–H groups in total. The monoisotopic (exact) mass is 667 g/mol. The van der Waals surface area contributed by atoms with E-state index in [2.05, 4.69) is 147 Å². The average Bonchev–Trinajstić information content (AvgIpc) is 3.60. The number of para-hydroxylation sites is 1. The summed E-state index contributed by atoms with van der Waals surface area (Å²) >= 11 is 0. The maximum Gasteiger partial charge on any atom is 0.164 e. The summed E-state index contributed by atoms with van der Waals surface area (Å²) in [5.41, 5.74) is 10.3. The first kappa shape index (κ1) is 30.2. The van der Waals surface area contributed by atoms with Crippen LogP contribution in [-0.4, -0.2) is 15.0 Å². The van der Waals surface area contributed by atoms with Crippen molar-refractivity contribution in [3.05, 3.63) is 181 Å². The molecule has 6 aromatic carbocycles. The number of hydrogen-bond donors (Lipinski definition) is 0. The summed E-state index contributed by atoms with van der Waals surface area (Å²) in [6.07, 6.45) is 14.1. The first-order valence-corrected chi connectivity index (χ1v) is 17.8. The van der Waals surface area contributed by atoms with Gasteiger partial charge in [-0.15, -0.1) is 0 Å². The van der Waals surface area contributed by atoms with Crippen LogP contribution in [0, 0.1) is 5.41 Å². The quantitative estimate of drug-likeness (QED) is 0.183. The fraction of sp³-hybridized carbons (Fsp3) is 0.0625. The zero-order valence-corrected chi connectivity index (χ0v) is 28.6. The van der Waals surface area contributed by atoms with E-state index in [1.807, 2.05) is 30.3 Å². The predicted octanol–water partition coefficient (Wildman–Crippen LogP) is 12.4. The Morgan fingerprint density at radius 1 is 0.538 bits per heavy atom. The Morgan fingerprint density at radius 2 is 1.19 bits per heavy atom. The minimum absolute atomic E-state index is 0.0252. The Kier molecular flexibility index (Phi) is 6.97. The highest BCUT2D eigenvalue weighted by atomic mass is 16.3. The summed E-state index contributed by atoms with van der Waals surface area (Å²) in [6, 6.07) is 46.4. The normalized spacial score (nSPS) is 16.6. The molecule has 0 fully saturated rings. The molecule has 0 saturated heterocycles. The van der Waals surface area contributed by atoms with Crippen molar-refractivity contribution >= 4 is 38.3 Å². The molecule has 8 aromatic rings. The van der Waals surface area contributed by atoms with Crippen LogP contribution < -0.4 is 0 Å². The maximum atomic E-state index is 6.79. The second-order valence-electron chi connectivity index (χ2n) is 13.8. The van der Waals surface area contributed by atoms with Crippen LogP contribution in [0.3, 0.4) is 0 Å². The van der Waals surface area contributed by atoms with Gasteiger partial charge in [0.15, 0.2) is 17.5 Å². The standard InChI is InChI=1S/C48H33N3O/c1-48-28-11-10-18-34(48)30-33(27-29-48)46-49-45(32-16-6-3-7-17-32)50-47(51-46)41-23-13-24-42-43(41)40-22-12-21-39(44(40)52-42)38-26-25-35(31-14-4-2-5-15-31)36-19-8-9-20-37(36)38/h2-28,30H,29H2,1H3. The molecule has 4 heteroatoms. The average molecular weight is 668 g/mol. The van der Waals surface area contributed by atoms with Crippen molar-refractivity contribution in [3.63, 3.8) is 0 Å². The SMILES string of the molecule is CC12C=CC=CC1=CC(c1nc(-c3ccccc3)nc(-c3cccc4oc5c(-c6ccc(-c7ccccc7)c7ccccc67)cccc5c34)n1)=CC2. The highest BCUT2D eigenvalue weighted by molar-refractivity contribution is 6.17. The van der Waals surface area contributed by atoms with Gasteiger partial charge in [0, 0.05) is 38.5 Å². The molecule has 1 atom stereocenters. The van der Waals surface area contributed by atoms with Crippen LogP contribution in [0.1, 0.15) is 19.2 Å². The first-order valence-electron chi connectivity index (χ1n) is 17.8. The number of allylic oxidation sites excluding steroid dienone is 8. The molecule has 0 saturated carbocycles. The smallest absolute Gasteiger partial charge is 0.164 e. The van der Waals surface area contributed by atoms with Crippen molar-refractivity contribution in [2.75, 3.05) is 0 Å². The van der Waals surface area contributed by atoms with Gasteiger partial charge in [-0.05, 0) is 51.6 Å². The van der Waals surface area contributed by atoms with Crippen LogP contribution in [0.2, 0.25) is 0 Å². The Morgan fingerprint density at radius 3 is 2.02 bits per heavy atom. The molecule has 52 heavy (non-hydrogen) atoms. The van der Waals surface area contributed by atoms with E-state index < -0.39 is 0 Å². The highest BCUT2D eigenvalue weighted by Gasteiger charge is 2.29. The molecule has 246 valence electrons. The Labute approximate surface area is 301 Å². The van der Waals surface area contributed by atoms with Gasteiger partial charge in [-0.1, -0.05) is 165 Å². The van der Waals surface area contributed by atoms with Crippen molar-refractivity contribution in [1.29, 1.82) is 0 Å². The second kappa shape index (κ2) is 12.0. The summed E-state index contributed by atoms with van der Waals surface area (Å²) in [6.45, 7) is 2.28. The molecule has 4 nitrogen and oxygen atoms in total. The van der Waals surface area contributed by atoms with Gasteiger partial charge in [-0.2, -0.15) is 0 Å². The lowest BCUT2D eigenvalue weighted by molar-refractivity contribution is 0.528. The lowest BCUT2D eigenvalue weighted by Crippen LogP contribution is -2.19. The zero-order chi connectivity index (χ0) is 34.6. The summed E-state index contributed by atoms with van der Waals surface area (Å²) < 4.78 is 6.79. The molecule has 1 unspecified atom stereocenters. The Bertz CT molecular complexity index is 2820. The topological polar surface area (TPSA) is 51.8 Å². The number of nitrogens with zero attached hydrogens (tertiary/aromatic N) is 3. The van der Waals surface area contributed by atoms with Crippen molar-refractivity contribution < 1.29 is 4.42 Å². The van der Waals surface area contributed by atoms with Crippen LogP contribution in [0.4, 0.5) is 0 Å². The molecule has 0 radical (unpaired) electrons. The third-order valence-electron chi connectivity index (χ3n) is 10.6. The van der Waals surface area contributed by atoms with Gasteiger partial charge in [0.1, 0.15) is 11.2 Å². The van der Waals surface area contributed by atoms with Gasteiger partial charge in [0.05, 0.1) is 0 Å². The van der Waals surface area contributed by atoms with Gasteiger partial charge >= 0.3 is 0 Å². The van der Waals surface area contributed by atoms with E-state index in [1.54, 1.807) is 0 Å². The lowest BCUT2D eigenvalue weighted by atomic mass is 9.73. The molecule has 2 aromatic heterocycles. The van der Waals surface area contributed by atoms with Gasteiger partial charge < -0.3 is 4.42 Å². The molecule has 2 heterocycles. The highest BCUT2D eigenvalue weighted by Crippen LogP contribution is 2.44. The molecule has 2 aliphatic carbocycles. The molecule has 0 spiro atoms. The van der Waals surface area contributed by atoms with E-state index in [4.69, 9.17) is 19.4 Å². The van der Waals surface area contributed by atoms with Gasteiger partial charge in [0.25, 0.3) is 0 Å². The lowest BCUT2D eigenvalue weighted by Gasteiger charge is -2.31. The van der Waals surface area contributed by atoms with E-state index in [0.717, 1.165) is 56.2 Å². The van der Waals surface area contributed by atoms with Crippen LogP contribution in [0.25, 0.3) is 83.3 Å². The van der Waals surface area contributed by atoms with Crippen LogP contribution in [0.5, 0.6) is 0 Å². The molecular weight excluding hydrogens is 635 g/mol. The van der Waals surface area contributed by atoms with Crippen LogP contribution in [0.15, 0.2) is 180 Å². The molecule has 2 aliphatic rings. The summed E-state index contributed by atoms with van der Waals surface area (Å²) in [5, 5.41) is 4.40. The third kappa shape index (κ3) is 4.95. The van der Waals surface area contributed by atoms with Gasteiger partial charge in [-0.3, -0.25) is 0 Å². The van der Waals surface area contributed by atoms with E-state index in [1.165, 1.54) is 27.5 Å². The van der Waals surface area contributed by atoms with Crippen LogP contribution in [-0.2, 0) is 0 Å². The fourth-order valence-corrected chi connectivity index (χ4v) is 7.81. The third-order valence-corrected chi connectivity index (χ3v) is 10.6. The summed E-state index contributed by atoms with van der Waals surface area (Å²) in [4.78, 5) is 15.4. The van der Waals surface area contributed by atoms with E-state index >= 15 is 0 Å². The largest absolute Gasteiger partial charge is 0.455 e. The number of fused-ring (bicyclic) bond motifs is 5. The van der Waals surface area contributed by atoms with Crippen molar-refractivity contribution in [2.45, 2.75) is 13.3 Å². The fourth-order valence-electron chi connectivity index (χ4n) is 7.81. The number of aromatic nitrogens is 3. The van der Waals surface area contributed by atoms with E-state index in [-0.39, 0.29) is 5.41 Å². The molecule has 10 rings (SSSR count). The molecule has 0 amide bonds. The summed E-state index contributed by atoms with van der Waals surface area (Å²) in [7, 11) is 0. The molecular formula is C48H33N3O. The maximum absolute atomic E-state index is 6.79. The predicted molar refractivity (Wildman–Crippen MR) is 213 cm³/mol.